The van der Waals surface area contributed by atoms with Crippen LogP contribution in [0.25, 0.3) is 0 Å². The highest BCUT2D eigenvalue weighted by molar-refractivity contribution is 5.08. The molecule has 15 heavy (non-hydrogen) atoms. The van der Waals surface area contributed by atoms with E-state index < -0.39 is 0 Å². The molecule has 3 N–H and O–H groups in total. The Hall–Kier alpha value is -0.0800. The zero-order valence-corrected chi connectivity index (χ0v) is 9.71. The van der Waals surface area contributed by atoms with Crippen LogP contribution in [0.5, 0.6) is 0 Å². The Kier molecular flexibility index (Phi) is 2.01. The zero-order valence-electron chi connectivity index (χ0n) is 9.71. The van der Waals surface area contributed by atoms with E-state index in [0.29, 0.717) is 11.5 Å². The summed E-state index contributed by atoms with van der Waals surface area (Å²) in [4.78, 5) is 0. The van der Waals surface area contributed by atoms with E-state index in [0.717, 1.165) is 37.5 Å². The third-order valence-electron chi connectivity index (χ3n) is 4.91. The van der Waals surface area contributed by atoms with Crippen molar-refractivity contribution in [1.29, 1.82) is 0 Å². The maximum Gasteiger partial charge on any atom is 0.0658 e. The Bertz CT molecular complexity index is 254. The summed E-state index contributed by atoms with van der Waals surface area (Å²) in [6, 6.07) is 0.296. The molecule has 3 unspecified atom stereocenters. The van der Waals surface area contributed by atoms with Gasteiger partial charge in [0.05, 0.1) is 5.60 Å². The van der Waals surface area contributed by atoms with Gasteiger partial charge in [0.1, 0.15) is 0 Å². The van der Waals surface area contributed by atoms with Gasteiger partial charge in [-0.3, -0.25) is 0 Å². The average molecular weight is 209 g/mol. The van der Waals surface area contributed by atoms with Crippen molar-refractivity contribution in [3.05, 3.63) is 0 Å². The topological polar surface area (TPSA) is 46.2 Å². The quantitative estimate of drug-likeness (QED) is 0.731. The van der Waals surface area contributed by atoms with Crippen LogP contribution < -0.4 is 5.73 Å². The molecule has 3 atom stereocenters. The van der Waals surface area contributed by atoms with E-state index in [4.69, 9.17) is 5.73 Å². The third-order valence-corrected chi connectivity index (χ3v) is 4.91. The second-order valence-corrected chi connectivity index (χ2v) is 6.87. The summed E-state index contributed by atoms with van der Waals surface area (Å²) in [6.45, 7) is 2.11. The Labute approximate surface area is 92.2 Å². The first-order valence-corrected chi connectivity index (χ1v) is 6.47. The van der Waals surface area contributed by atoms with E-state index in [1.807, 2.05) is 0 Å². The fourth-order valence-corrected chi connectivity index (χ4v) is 5.32. The Morgan fingerprint density at radius 3 is 2.33 bits per heavy atom. The maximum absolute atomic E-state index is 10.5. The molecule has 4 fully saturated rings. The molecule has 4 bridgehead atoms. The zero-order chi connectivity index (χ0) is 10.7. The molecule has 0 saturated heterocycles. The molecule has 0 aromatic heterocycles. The van der Waals surface area contributed by atoms with Gasteiger partial charge in [-0.15, -0.1) is 0 Å². The van der Waals surface area contributed by atoms with Crippen LogP contribution in [0.4, 0.5) is 0 Å². The van der Waals surface area contributed by atoms with Crippen LogP contribution >= 0.6 is 0 Å². The van der Waals surface area contributed by atoms with Gasteiger partial charge >= 0.3 is 0 Å². The summed E-state index contributed by atoms with van der Waals surface area (Å²) >= 11 is 0. The summed E-state index contributed by atoms with van der Waals surface area (Å²) in [5.74, 6) is 1.60. The highest BCUT2D eigenvalue weighted by Gasteiger charge is 2.56. The predicted molar refractivity (Wildman–Crippen MR) is 60.3 cm³/mol. The van der Waals surface area contributed by atoms with Gasteiger partial charge in [0.25, 0.3) is 0 Å². The lowest BCUT2D eigenvalue weighted by Crippen LogP contribution is -2.56. The fraction of sp³-hybridized carbons (Fsp3) is 1.00. The van der Waals surface area contributed by atoms with E-state index in [1.165, 1.54) is 19.3 Å². The van der Waals surface area contributed by atoms with Crippen molar-refractivity contribution >= 4 is 0 Å². The van der Waals surface area contributed by atoms with Crippen molar-refractivity contribution in [2.45, 2.75) is 63.5 Å². The van der Waals surface area contributed by atoms with E-state index >= 15 is 0 Å². The second kappa shape index (κ2) is 2.98. The lowest BCUT2D eigenvalue weighted by Gasteiger charge is -2.60. The molecule has 4 rings (SSSR count). The minimum absolute atomic E-state index is 0.296. The van der Waals surface area contributed by atoms with Crippen molar-refractivity contribution in [1.82, 2.24) is 0 Å². The number of hydrogen-bond donors (Lipinski definition) is 2. The number of hydrogen-bond acceptors (Lipinski definition) is 2. The van der Waals surface area contributed by atoms with Gasteiger partial charge < -0.3 is 10.8 Å². The molecular formula is C13H23NO. The molecule has 2 heteroatoms. The Morgan fingerprint density at radius 2 is 1.87 bits per heavy atom. The summed E-state index contributed by atoms with van der Waals surface area (Å²) in [6.07, 6.45) is 8.37. The van der Waals surface area contributed by atoms with E-state index in [9.17, 15) is 5.11 Å². The predicted octanol–water partition coefficient (Wildman–Crippen LogP) is 2.06. The largest absolute Gasteiger partial charge is 0.390 e. The van der Waals surface area contributed by atoms with Crippen LogP contribution in [0.1, 0.15) is 51.9 Å². The van der Waals surface area contributed by atoms with Crippen LogP contribution in [0.15, 0.2) is 0 Å². The van der Waals surface area contributed by atoms with Gasteiger partial charge in [0.15, 0.2) is 0 Å². The van der Waals surface area contributed by atoms with Crippen LogP contribution in [0.3, 0.4) is 0 Å². The molecule has 0 aromatic rings. The first-order valence-electron chi connectivity index (χ1n) is 6.47. The number of aliphatic hydroxyl groups is 1. The normalized spacial score (nSPS) is 54.6. The van der Waals surface area contributed by atoms with E-state index in [2.05, 4.69) is 6.92 Å². The molecule has 0 spiro atoms. The van der Waals surface area contributed by atoms with Crippen LogP contribution in [0, 0.1) is 17.3 Å². The minimum atomic E-state index is -0.307. The summed E-state index contributed by atoms with van der Waals surface area (Å²) in [5.41, 5.74) is 6.08. The molecule has 4 aliphatic rings. The van der Waals surface area contributed by atoms with Crippen LogP contribution in [0.2, 0.25) is 0 Å². The van der Waals surface area contributed by atoms with Crippen molar-refractivity contribution in [2.24, 2.45) is 23.0 Å². The molecular weight excluding hydrogens is 186 g/mol. The van der Waals surface area contributed by atoms with Crippen molar-refractivity contribution < 1.29 is 5.11 Å². The Morgan fingerprint density at radius 1 is 1.27 bits per heavy atom. The molecule has 4 saturated carbocycles. The van der Waals surface area contributed by atoms with Crippen LogP contribution in [-0.2, 0) is 0 Å². The fourth-order valence-electron chi connectivity index (χ4n) is 5.32. The number of nitrogens with two attached hydrogens (primary N) is 1. The minimum Gasteiger partial charge on any atom is -0.390 e. The highest BCUT2D eigenvalue weighted by Crippen LogP contribution is 2.62. The molecule has 0 amide bonds. The molecule has 86 valence electrons. The van der Waals surface area contributed by atoms with Gasteiger partial charge in [0, 0.05) is 6.04 Å². The van der Waals surface area contributed by atoms with E-state index in [1.54, 1.807) is 0 Å². The van der Waals surface area contributed by atoms with Gasteiger partial charge in [-0.25, -0.2) is 0 Å². The standard InChI is InChI=1S/C13H23NO/c1-9(14)3-12-4-10-2-11(5-12)7-13(15,6-10)8-12/h9-11,15H,2-8,14H2,1H3. The Balaban J connectivity index is 1.86. The number of rotatable bonds is 2. The first-order chi connectivity index (χ1) is 6.99. The van der Waals surface area contributed by atoms with Crippen molar-refractivity contribution in [2.75, 3.05) is 0 Å². The highest BCUT2D eigenvalue weighted by atomic mass is 16.3. The van der Waals surface area contributed by atoms with Crippen molar-refractivity contribution in [3.63, 3.8) is 0 Å². The van der Waals surface area contributed by atoms with Crippen LogP contribution in [-0.4, -0.2) is 16.7 Å². The summed E-state index contributed by atoms with van der Waals surface area (Å²) in [5, 5.41) is 10.5. The second-order valence-electron chi connectivity index (χ2n) is 6.87. The SMILES string of the molecule is CC(N)CC12CC3CC(CC(O)(C3)C1)C2. The van der Waals surface area contributed by atoms with Gasteiger partial charge in [-0.1, -0.05) is 0 Å². The molecule has 0 aromatic carbocycles. The molecule has 0 aliphatic heterocycles. The van der Waals surface area contributed by atoms with Gasteiger partial charge in [0.2, 0.25) is 0 Å². The third kappa shape index (κ3) is 1.62. The smallest absolute Gasteiger partial charge is 0.0658 e. The summed E-state index contributed by atoms with van der Waals surface area (Å²) in [7, 11) is 0. The van der Waals surface area contributed by atoms with E-state index in [-0.39, 0.29) is 5.60 Å². The first kappa shape index (κ1) is 10.1. The molecule has 0 heterocycles. The molecule has 0 radical (unpaired) electrons. The molecule has 2 nitrogen and oxygen atoms in total. The average Bonchev–Trinajstić information content (AvgIpc) is 1.94. The molecule has 4 aliphatic carbocycles. The van der Waals surface area contributed by atoms with Crippen molar-refractivity contribution in [3.8, 4) is 0 Å². The maximum atomic E-state index is 10.5. The van der Waals surface area contributed by atoms with Gasteiger partial charge in [-0.2, -0.15) is 0 Å². The summed E-state index contributed by atoms with van der Waals surface area (Å²) < 4.78 is 0. The lowest BCUT2D eigenvalue weighted by atomic mass is 9.47. The lowest BCUT2D eigenvalue weighted by molar-refractivity contribution is -0.166. The van der Waals surface area contributed by atoms with Gasteiger partial charge in [-0.05, 0) is 69.1 Å². The monoisotopic (exact) mass is 209 g/mol.